The predicted molar refractivity (Wildman–Crippen MR) is 242 cm³/mol. The topological polar surface area (TPSA) is 13.1 Å². The molecule has 0 saturated heterocycles. The molecule has 56 heavy (non-hydrogen) atoms. The van der Waals surface area contributed by atoms with Crippen LogP contribution < -0.4 is 0 Å². The number of thiophene rings is 1. The number of furan rings is 1. The van der Waals surface area contributed by atoms with Crippen LogP contribution >= 0.6 is 11.3 Å². The summed E-state index contributed by atoms with van der Waals surface area (Å²) in [5, 5.41) is 12.4. The fourth-order valence-electron chi connectivity index (χ4n) is 9.44. The summed E-state index contributed by atoms with van der Waals surface area (Å²) >= 11 is 1.90. The van der Waals surface area contributed by atoms with Crippen molar-refractivity contribution >= 4 is 91.3 Å². The average Bonchev–Trinajstić information content (AvgIpc) is 3.84. The van der Waals surface area contributed by atoms with Crippen molar-refractivity contribution in [3.05, 3.63) is 188 Å². The lowest BCUT2D eigenvalue weighted by Gasteiger charge is -2.20. The van der Waals surface area contributed by atoms with Crippen molar-refractivity contribution in [2.45, 2.75) is 12.8 Å². The zero-order valence-electron chi connectivity index (χ0n) is 30.6. The molecule has 11 aromatic rings. The monoisotopic (exact) mass is 730 g/mol. The molecule has 0 bridgehead atoms. The Morgan fingerprint density at radius 3 is 1.84 bits per heavy atom. The number of hydrogen-bond donors (Lipinski definition) is 0. The van der Waals surface area contributed by atoms with Gasteiger partial charge in [0.2, 0.25) is 0 Å². The van der Waals surface area contributed by atoms with Gasteiger partial charge in [-0.15, -0.1) is 11.3 Å². The first-order valence-electron chi connectivity index (χ1n) is 19.5. The van der Waals surface area contributed by atoms with Crippen LogP contribution in [0.2, 0.25) is 0 Å². The lowest BCUT2D eigenvalue weighted by molar-refractivity contribution is 0.669. The number of hydrogen-bond acceptors (Lipinski definition) is 2. The Balaban J connectivity index is 1.20. The summed E-state index contributed by atoms with van der Waals surface area (Å²) in [6.07, 6.45) is 8.90. The molecule has 0 saturated carbocycles. The van der Waals surface area contributed by atoms with Gasteiger partial charge in [0.1, 0.15) is 11.2 Å². The van der Waals surface area contributed by atoms with E-state index in [1.54, 1.807) is 0 Å². The summed E-state index contributed by atoms with van der Waals surface area (Å²) in [5.74, 6) is 0. The van der Waals surface area contributed by atoms with Crippen molar-refractivity contribution in [2.24, 2.45) is 0 Å². The number of fused-ring (bicyclic) bond motifs is 9. The van der Waals surface area contributed by atoms with Crippen molar-refractivity contribution in [1.29, 1.82) is 0 Å². The molecule has 1 aliphatic carbocycles. The standard InChI is InChI=1S/C54H34OS/c1-2-14-33(15-3-1)34-28-29-37-35(30-34)31-36(38-22-12-23-44-39-16-9-11-27-50(39)56-54(38)44)32-47(37)52-42-19-6-4-17-40(42)51(41-18-5-7-20-43(41)52)46-24-13-26-49-53(46)45-21-8-10-25-48(45)55-49/h1-2,4-14,16-32H,3,15H2. The highest BCUT2D eigenvalue weighted by atomic mass is 32.1. The Morgan fingerprint density at radius 1 is 0.446 bits per heavy atom. The first-order chi connectivity index (χ1) is 27.8. The second-order valence-corrected chi connectivity index (χ2v) is 16.1. The maximum atomic E-state index is 6.43. The molecule has 1 nitrogen and oxygen atoms in total. The molecule has 2 heterocycles. The quantitative estimate of drug-likeness (QED) is 0.164. The van der Waals surface area contributed by atoms with Gasteiger partial charge in [-0.1, -0.05) is 146 Å². The third-order valence-electron chi connectivity index (χ3n) is 11.9. The molecular weight excluding hydrogens is 697 g/mol. The molecule has 0 spiro atoms. The van der Waals surface area contributed by atoms with Crippen LogP contribution in [0.3, 0.4) is 0 Å². The summed E-state index contributed by atoms with van der Waals surface area (Å²) in [6, 6.07) is 60.7. The van der Waals surface area contributed by atoms with Crippen LogP contribution in [0.25, 0.3) is 113 Å². The molecule has 0 amide bonds. The Labute approximate surface area is 328 Å². The van der Waals surface area contributed by atoms with Gasteiger partial charge < -0.3 is 4.42 Å². The number of rotatable bonds is 4. The molecule has 0 fully saturated rings. The van der Waals surface area contributed by atoms with Gasteiger partial charge in [-0.2, -0.15) is 0 Å². The van der Waals surface area contributed by atoms with Crippen LogP contribution in [-0.4, -0.2) is 0 Å². The smallest absolute Gasteiger partial charge is 0.136 e. The Bertz CT molecular complexity index is 3420. The third kappa shape index (κ3) is 4.73. The molecule has 262 valence electrons. The van der Waals surface area contributed by atoms with Gasteiger partial charge in [-0.25, -0.2) is 0 Å². The highest BCUT2D eigenvalue weighted by Crippen LogP contribution is 2.49. The first-order valence-corrected chi connectivity index (χ1v) is 20.3. The van der Waals surface area contributed by atoms with Crippen LogP contribution in [0.1, 0.15) is 18.4 Å². The fraction of sp³-hybridized carbons (Fsp3) is 0.0370. The van der Waals surface area contributed by atoms with Gasteiger partial charge in [-0.3, -0.25) is 0 Å². The Hall–Kier alpha value is -6.74. The van der Waals surface area contributed by atoms with Crippen molar-refractivity contribution in [3.63, 3.8) is 0 Å². The van der Waals surface area contributed by atoms with E-state index < -0.39 is 0 Å². The summed E-state index contributed by atoms with van der Waals surface area (Å²) in [6.45, 7) is 0. The van der Waals surface area contributed by atoms with E-state index in [0.717, 1.165) is 34.8 Å². The summed E-state index contributed by atoms with van der Waals surface area (Å²) in [7, 11) is 0. The Morgan fingerprint density at radius 2 is 1.07 bits per heavy atom. The zero-order valence-corrected chi connectivity index (χ0v) is 31.4. The molecule has 12 rings (SSSR count). The lowest BCUT2D eigenvalue weighted by atomic mass is 9.82. The van der Waals surface area contributed by atoms with E-state index in [-0.39, 0.29) is 0 Å². The normalized spacial score (nSPS) is 13.2. The summed E-state index contributed by atoms with van der Waals surface area (Å²) < 4.78 is 9.09. The van der Waals surface area contributed by atoms with E-state index in [4.69, 9.17) is 4.42 Å². The minimum Gasteiger partial charge on any atom is -0.456 e. The number of benzene rings is 9. The van der Waals surface area contributed by atoms with Crippen LogP contribution in [0.4, 0.5) is 0 Å². The lowest BCUT2D eigenvalue weighted by Crippen LogP contribution is -1.94. The van der Waals surface area contributed by atoms with Gasteiger partial charge in [0.25, 0.3) is 0 Å². The van der Waals surface area contributed by atoms with Gasteiger partial charge in [-0.05, 0) is 126 Å². The maximum Gasteiger partial charge on any atom is 0.136 e. The van der Waals surface area contributed by atoms with Crippen molar-refractivity contribution in [3.8, 4) is 33.4 Å². The third-order valence-corrected chi connectivity index (χ3v) is 13.1. The van der Waals surface area contributed by atoms with Crippen LogP contribution in [0, 0.1) is 0 Å². The minimum atomic E-state index is 0.912. The van der Waals surface area contributed by atoms with Gasteiger partial charge in [0.15, 0.2) is 0 Å². The van der Waals surface area contributed by atoms with E-state index in [0.29, 0.717) is 0 Å². The fourth-order valence-corrected chi connectivity index (χ4v) is 10.7. The molecule has 9 aromatic carbocycles. The molecule has 0 atom stereocenters. The predicted octanol–water partition coefficient (Wildman–Crippen LogP) is 16.1. The second-order valence-electron chi connectivity index (χ2n) is 15.0. The molecule has 0 radical (unpaired) electrons. The summed E-state index contributed by atoms with van der Waals surface area (Å²) in [4.78, 5) is 0. The average molecular weight is 731 g/mol. The zero-order chi connectivity index (χ0) is 36.7. The second kappa shape index (κ2) is 12.4. The molecular formula is C54H34OS. The van der Waals surface area contributed by atoms with E-state index in [1.165, 1.54) is 97.0 Å². The van der Waals surface area contributed by atoms with Gasteiger partial charge >= 0.3 is 0 Å². The van der Waals surface area contributed by atoms with E-state index in [2.05, 4.69) is 182 Å². The van der Waals surface area contributed by atoms with E-state index in [9.17, 15) is 0 Å². The van der Waals surface area contributed by atoms with Crippen molar-refractivity contribution in [2.75, 3.05) is 0 Å². The molecule has 1 aliphatic rings. The van der Waals surface area contributed by atoms with Crippen molar-refractivity contribution < 1.29 is 4.42 Å². The van der Waals surface area contributed by atoms with E-state index in [1.807, 2.05) is 11.3 Å². The highest BCUT2D eigenvalue weighted by molar-refractivity contribution is 7.26. The minimum absolute atomic E-state index is 0.912. The van der Waals surface area contributed by atoms with Gasteiger partial charge in [0.05, 0.1) is 0 Å². The molecule has 0 aliphatic heterocycles. The van der Waals surface area contributed by atoms with Crippen LogP contribution in [0.5, 0.6) is 0 Å². The van der Waals surface area contributed by atoms with E-state index >= 15 is 0 Å². The molecule has 2 heteroatoms. The first kappa shape index (κ1) is 31.6. The largest absolute Gasteiger partial charge is 0.456 e. The molecule has 2 aromatic heterocycles. The molecule has 0 unspecified atom stereocenters. The Kier molecular flexibility index (Phi) is 6.99. The van der Waals surface area contributed by atoms with Gasteiger partial charge in [0, 0.05) is 30.9 Å². The van der Waals surface area contributed by atoms with Crippen LogP contribution in [-0.2, 0) is 0 Å². The highest BCUT2D eigenvalue weighted by Gasteiger charge is 2.22. The number of para-hydroxylation sites is 1. The van der Waals surface area contributed by atoms with Crippen molar-refractivity contribution in [1.82, 2.24) is 0 Å². The number of allylic oxidation sites excluding steroid dienone is 4. The molecule has 0 N–H and O–H groups in total. The van der Waals surface area contributed by atoms with Crippen LogP contribution in [0.15, 0.2) is 186 Å². The summed E-state index contributed by atoms with van der Waals surface area (Å²) in [5.41, 5.74) is 12.0. The maximum absolute atomic E-state index is 6.43. The SMILES string of the molecule is C1=CCCC(c2ccc3c(-c4c5ccccc5c(-c5cccc6oc7ccccc7c56)c5ccccc45)cc(-c4cccc5c4sc4ccccc45)cc3c2)=C1.